The van der Waals surface area contributed by atoms with Crippen molar-refractivity contribution in [3.05, 3.63) is 35.0 Å². The quantitative estimate of drug-likeness (QED) is 0.855. The van der Waals surface area contributed by atoms with Crippen molar-refractivity contribution in [3.63, 3.8) is 0 Å². The van der Waals surface area contributed by atoms with E-state index in [-0.39, 0.29) is 0 Å². The summed E-state index contributed by atoms with van der Waals surface area (Å²) < 4.78 is 0. The first-order valence-electron chi connectivity index (χ1n) is 7.26. The number of aromatic nitrogens is 1. The van der Waals surface area contributed by atoms with E-state index in [1.165, 1.54) is 43.1 Å². The molecule has 0 radical (unpaired) electrons. The van der Waals surface area contributed by atoms with Gasteiger partial charge in [0.25, 0.3) is 0 Å². The van der Waals surface area contributed by atoms with Gasteiger partial charge in [-0.2, -0.15) is 0 Å². The van der Waals surface area contributed by atoms with Gasteiger partial charge in [-0.1, -0.05) is 36.9 Å². The fourth-order valence-electron chi connectivity index (χ4n) is 3.54. The van der Waals surface area contributed by atoms with Crippen LogP contribution in [0.2, 0.25) is 5.02 Å². The molecule has 1 aromatic heterocycles. The van der Waals surface area contributed by atoms with E-state index in [1.807, 2.05) is 12.1 Å². The van der Waals surface area contributed by atoms with Crippen molar-refractivity contribution in [2.45, 2.75) is 38.0 Å². The van der Waals surface area contributed by atoms with E-state index in [1.54, 1.807) is 0 Å². The van der Waals surface area contributed by atoms with Crippen LogP contribution in [-0.2, 0) is 0 Å². The molecule has 1 aliphatic carbocycles. The van der Waals surface area contributed by atoms with Crippen LogP contribution in [0.5, 0.6) is 0 Å². The smallest absolute Gasteiger partial charge is 0.0471 e. The molecule has 0 aliphatic heterocycles. The summed E-state index contributed by atoms with van der Waals surface area (Å²) in [6.45, 7) is 0.736. The van der Waals surface area contributed by atoms with Crippen molar-refractivity contribution in [2.75, 3.05) is 6.54 Å². The molecule has 0 saturated heterocycles. The first-order valence-corrected chi connectivity index (χ1v) is 7.64. The van der Waals surface area contributed by atoms with Crippen LogP contribution in [0.15, 0.2) is 24.4 Å². The number of hydrogen-bond donors (Lipinski definition) is 2. The lowest BCUT2D eigenvalue weighted by atomic mass is 9.77. The van der Waals surface area contributed by atoms with Crippen LogP contribution < -0.4 is 5.73 Å². The second-order valence-electron chi connectivity index (χ2n) is 5.67. The predicted octanol–water partition coefficient (Wildman–Crippen LogP) is 4.44. The molecule has 3 heteroatoms. The van der Waals surface area contributed by atoms with Crippen LogP contribution in [0.1, 0.15) is 43.6 Å². The topological polar surface area (TPSA) is 41.8 Å². The monoisotopic (exact) mass is 276 g/mol. The summed E-state index contributed by atoms with van der Waals surface area (Å²) in [4.78, 5) is 3.34. The lowest BCUT2D eigenvalue weighted by molar-refractivity contribution is 0.308. The molecule has 1 heterocycles. The second kappa shape index (κ2) is 5.56. The van der Waals surface area contributed by atoms with Gasteiger partial charge in [0.2, 0.25) is 0 Å². The zero-order valence-corrected chi connectivity index (χ0v) is 11.9. The Labute approximate surface area is 119 Å². The SMILES string of the molecule is NCC(c1c[nH]c2cc(Cl)ccc12)C1CCCCC1. The standard InChI is InChI=1S/C16H21ClN2/c17-12-6-7-13-15(10-19-16(13)8-12)14(9-18)11-4-2-1-3-5-11/h6-8,10-11,14,19H,1-5,9,18H2. The molecule has 1 saturated carbocycles. The molecule has 1 atom stereocenters. The summed E-state index contributed by atoms with van der Waals surface area (Å²) in [6.07, 6.45) is 8.87. The third kappa shape index (κ3) is 2.52. The van der Waals surface area contributed by atoms with Gasteiger partial charge in [0, 0.05) is 28.0 Å². The molecule has 19 heavy (non-hydrogen) atoms. The maximum absolute atomic E-state index is 6.08. The Bertz CT molecular complexity index is 555. The van der Waals surface area contributed by atoms with E-state index < -0.39 is 0 Å². The van der Waals surface area contributed by atoms with Crippen LogP contribution in [0.25, 0.3) is 10.9 Å². The Morgan fingerprint density at radius 1 is 1.26 bits per heavy atom. The molecule has 3 rings (SSSR count). The number of rotatable bonds is 3. The van der Waals surface area contributed by atoms with Gasteiger partial charge in [-0.3, -0.25) is 0 Å². The van der Waals surface area contributed by atoms with Crippen molar-refractivity contribution >= 4 is 22.5 Å². The van der Waals surface area contributed by atoms with Crippen molar-refractivity contribution < 1.29 is 0 Å². The third-order valence-corrected chi connectivity index (χ3v) is 4.78. The van der Waals surface area contributed by atoms with Gasteiger partial charge in [-0.05, 0) is 43.0 Å². The highest BCUT2D eigenvalue weighted by atomic mass is 35.5. The average Bonchev–Trinajstić information content (AvgIpc) is 2.84. The highest BCUT2D eigenvalue weighted by molar-refractivity contribution is 6.31. The van der Waals surface area contributed by atoms with Crippen molar-refractivity contribution in [2.24, 2.45) is 11.7 Å². The zero-order valence-electron chi connectivity index (χ0n) is 11.2. The van der Waals surface area contributed by atoms with Crippen LogP contribution in [0.3, 0.4) is 0 Å². The molecular weight excluding hydrogens is 256 g/mol. The average molecular weight is 277 g/mol. The lowest BCUT2D eigenvalue weighted by Crippen LogP contribution is -2.23. The minimum atomic E-state index is 0.482. The Morgan fingerprint density at radius 3 is 2.79 bits per heavy atom. The highest BCUT2D eigenvalue weighted by Crippen LogP contribution is 2.38. The Morgan fingerprint density at radius 2 is 2.05 bits per heavy atom. The van der Waals surface area contributed by atoms with Gasteiger partial charge in [0.15, 0.2) is 0 Å². The molecule has 0 spiro atoms. The molecule has 1 aliphatic rings. The van der Waals surface area contributed by atoms with Crippen LogP contribution in [0.4, 0.5) is 0 Å². The predicted molar refractivity (Wildman–Crippen MR) is 81.7 cm³/mol. The third-order valence-electron chi connectivity index (χ3n) is 4.55. The molecule has 2 nitrogen and oxygen atoms in total. The summed E-state index contributed by atoms with van der Waals surface area (Å²) in [7, 11) is 0. The van der Waals surface area contributed by atoms with Gasteiger partial charge in [0.1, 0.15) is 0 Å². The number of nitrogens with two attached hydrogens (primary N) is 1. The fourth-order valence-corrected chi connectivity index (χ4v) is 3.71. The summed E-state index contributed by atoms with van der Waals surface area (Å²) >= 11 is 6.05. The van der Waals surface area contributed by atoms with E-state index in [9.17, 15) is 0 Å². The van der Waals surface area contributed by atoms with Crippen LogP contribution >= 0.6 is 11.6 Å². The van der Waals surface area contributed by atoms with E-state index >= 15 is 0 Å². The second-order valence-corrected chi connectivity index (χ2v) is 6.11. The number of fused-ring (bicyclic) bond motifs is 1. The number of aromatic amines is 1. The number of halogens is 1. The summed E-state index contributed by atoms with van der Waals surface area (Å²) in [5.74, 6) is 1.23. The molecule has 1 unspecified atom stereocenters. The first-order chi connectivity index (χ1) is 9.29. The molecule has 0 amide bonds. The van der Waals surface area contributed by atoms with E-state index in [0.29, 0.717) is 5.92 Å². The maximum Gasteiger partial charge on any atom is 0.0471 e. The first kappa shape index (κ1) is 13.0. The number of hydrogen-bond acceptors (Lipinski definition) is 1. The molecular formula is C16H21ClN2. The molecule has 0 bridgehead atoms. The van der Waals surface area contributed by atoms with E-state index in [4.69, 9.17) is 17.3 Å². The van der Waals surface area contributed by atoms with Crippen molar-refractivity contribution in [3.8, 4) is 0 Å². The van der Waals surface area contributed by atoms with Crippen LogP contribution in [0, 0.1) is 5.92 Å². The Kier molecular flexibility index (Phi) is 3.81. The number of nitrogens with one attached hydrogen (secondary N) is 1. The molecule has 2 aromatic rings. The van der Waals surface area contributed by atoms with Gasteiger partial charge in [0.05, 0.1) is 0 Å². The normalized spacial score (nSPS) is 18.8. The molecule has 1 fully saturated rings. The fraction of sp³-hybridized carbons (Fsp3) is 0.500. The van der Waals surface area contributed by atoms with Crippen LogP contribution in [-0.4, -0.2) is 11.5 Å². The largest absolute Gasteiger partial charge is 0.361 e. The Hall–Kier alpha value is -0.990. The minimum Gasteiger partial charge on any atom is -0.361 e. The summed E-state index contributed by atoms with van der Waals surface area (Å²) in [6, 6.07) is 6.08. The van der Waals surface area contributed by atoms with Crippen molar-refractivity contribution in [1.82, 2.24) is 4.98 Å². The Balaban J connectivity index is 1.96. The summed E-state index contributed by atoms with van der Waals surface area (Å²) in [5.41, 5.74) is 8.57. The zero-order chi connectivity index (χ0) is 13.2. The number of H-pyrrole nitrogens is 1. The van der Waals surface area contributed by atoms with Gasteiger partial charge >= 0.3 is 0 Å². The van der Waals surface area contributed by atoms with Gasteiger partial charge in [-0.15, -0.1) is 0 Å². The van der Waals surface area contributed by atoms with E-state index in [2.05, 4.69) is 17.2 Å². The van der Waals surface area contributed by atoms with Crippen molar-refractivity contribution in [1.29, 1.82) is 0 Å². The van der Waals surface area contributed by atoms with Gasteiger partial charge in [-0.25, -0.2) is 0 Å². The summed E-state index contributed by atoms with van der Waals surface area (Å²) in [5, 5.41) is 2.06. The minimum absolute atomic E-state index is 0.482. The van der Waals surface area contributed by atoms with E-state index in [0.717, 1.165) is 23.0 Å². The molecule has 1 aromatic carbocycles. The maximum atomic E-state index is 6.08. The number of benzene rings is 1. The highest BCUT2D eigenvalue weighted by Gasteiger charge is 2.25. The van der Waals surface area contributed by atoms with Gasteiger partial charge < -0.3 is 10.7 Å². The lowest BCUT2D eigenvalue weighted by Gasteiger charge is -2.29. The molecule has 102 valence electrons. The molecule has 3 N–H and O–H groups in total.